The van der Waals surface area contributed by atoms with E-state index < -0.39 is 5.41 Å². The van der Waals surface area contributed by atoms with E-state index in [1.54, 1.807) is 0 Å². The summed E-state index contributed by atoms with van der Waals surface area (Å²) in [6.07, 6.45) is 3.29. The van der Waals surface area contributed by atoms with Crippen LogP contribution in [0, 0.1) is 11.3 Å². The molecule has 0 spiro atoms. The zero-order valence-corrected chi connectivity index (χ0v) is 5.09. The summed E-state index contributed by atoms with van der Waals surface area (Å²) in [7, 11) is 0. The molecule has 0 aromatic rings. The Bertz CT molecular complexity index is 185. The van der Waals surface area contributed by atoms with Crippen LogP contribution in [0.2, 0.25) is 0 Å². The third-order valence-electron chi connectivity index (χ3n) is 2.60. The van der Waals surface area contributed by atoms with E-state index in [0.717, 1.165) is 19.1 Å². The van der Waals surface area contributed by atoms with E-state index >= 15 is 0 Å². The summed E-state index contributed by atoms with van der Waals surface area (Å²) in [6, 6.07) is 0. The molecule has 2 nitrogen and oxygen atoms in total. The molecule has 2 fully saturated rings. The lowest BCUT2D eigenvalue weighted by molar-refractivity contribution is -0.127. The Morgan fingerprint density at radius 3 is 2.67 bits per heavy atom. The molecule has 0 saturated heterocycles. The van der Waals surface area contributed by atoms with Gasteiger partial charge in [0.2, 0.25) is 0 Å². The van der Waals surface area contributed by atoms with Crippen molar-refractivity contribution < 1.29 is 9.59 Å². The second-order valence-corrected chi connectivity index (χ2v) is 3.02. The van der Waals surface area contributed by atoms with Crippen LogP contribution in [-0.4, -0.2) is 12.1 Å². The number of rotatable bonds is 1. The number of Topliss-reactive ketones (excluding diaryl/α,β-unsaturated/α-hetero) is 1. The zero-order valence-electron chi connectivity index (χ0n) is 5.09. The van der Waals surface area contributed by atoms with Gasteiger partial charge in [0.25, 0.3) is 0 Å². The molecule has 2 saturated carbocycles. The minimum atomic E-state index is -0.458. The molecular formula is C7H8O2. The number of carbonyl (C=O) groups is 2. The average molecular weight is 124 g/mol. The van der Waals surface area contributed by atoms with Gasteiger partial charge >= 0.3 is 0 Å². The first-order valence-electron chi connectivity index (χ1n) is 3.29. The first kappa shape index (κ1) is 5.15. The van der Waals surface area contributed by atoms with Crippen LogP contribution in [0.5, 0.6) is 0 Å². The summed E-state index contributed by atoms with van der Waals surface area (Å²) in [5.41, 5.74) is -0.458. The van der Waals surface area contributed by atoms with E-state index in [1.807, 2.05) is 0 Å². The van der Waals surface area contributed by atoms with Crippen molar-refractivity contribution >= 4 is 12.1 Å². The standard InChI is InChI=1S/C7H8O2/c8-4-7-3-5(7)1-2-6(7)9/h4-5H,1-3H2/t5-,7-/m1/s1. The largest absolute Gasteiger partial charge is 0.302 e. The van der Waals surface area contributed by atoms with Gasteiger partial charge < -0.3 is 4.79 Å². The van der Waals surface area contributed by atoms with E-state index in [1.165, 1.54) is 0 Å². The molecule has 0 aliphatic heterocycles. The van der Waals surface area contributed by atoms with Crippen LogP contribution in [0.3, 0.4) is 0 Å². The van der Waals surface area contributed by atoms with Gasteiger partial charge in [0.05, 0.1) is 5.41 Å². The molecule has 0 radical (unpaired) electrons. The fourth-order valence-electron chi connectivity index (χ4n) is 1.80. The van der Waals surface area contributed by atoms with Crippen LogP contribution >= 0.6 is 0 Å². The highest BCUT2D eigenvalue weighted by Crippen LogP contribution is 2.59. The molecule has 0 N–H and O–H groups in total. The molecule has 2 heteroatoms. The summed E-state index contributed by atoms with van der Waals surface area (Å²) in [5, 5.41) is 0. The molecule has 0 unspecified atom stereocenters. The molecule has 0 amide bonds. The number of hydrogen-bond acceptors (Lipinski definition) is 2. The summed E-state index contributed by atoms with van der Waals surface area (Å²) < 4.78 is 0. The Labute approximate surface area is 53.2 Å². The third kappa shape index (κ3) is 0.419. The van der Waals surface area contributed by atoms with Crippen molar-refractivity contribution in [2.75, 3.05) is 0 Å². The van der Waals surface area contributed by atoms with Gasteiger partial charge in [0.1, 0.15) is 12.1 Å². The van der Waals surface area contributed by atoms with Crippen LogP contribution in [0.25, 0.3) is 0 Å². The van der Waals surface area contributed by atoms with E-state index in [-0.39, 0.29) is 5.78 Å². The third-order valence-corrected chi connectivity index (χ3v) is 2.60. The van der Waals surface area contributed by atoms with Crippen molar-refractivity contribution in [3.05, 3.63) is 0 Å². The van der Waals surface area contributed by atoms with Crippen LogP contribution < -0.4 is 0 Å². The molecule has 0 bridgehead atoms. The lowest BCUT2D eigenvalue weighted by Crippen LogP contribution is -2.12. The summed E-state index contributed by atoms with van der Waals surface area (Å²) in [6.45, 7) is 0. The van der Waals surface area contributed by atoms with Gasteiger partial charge in [0.15, 0.2) is 0 Å². The number of hydrogen-bond donors (Lipinski definition) is 0. The van der Waals surface area contributed by atoms with Gasteiger partial charge in [-0.3, -0.25) is 4.79 Å². The fourth-order valence-corrected chi connectivity index (χ4v) is 1.80. The highest BCUT2D eigenvalue weighted by atomic mass is 16.1. The molecular weight excluding hydrogens is 116 g/mol. The van der Waals surface area contributed by atoms with Crippen molar-refractivity contribution in [2.45, 2.75) is 19.3 Å². The maximum Gasteiger partial charge on any atom is 0.146 e. The summed E-state index contributed by atoms with van der Waals surface area (Å²) >= 11 is 0. The molecule has 0 aromatic heterocycles. The fraction of sp³-hybridized carbons (Fsp3) is 0.714. The maximum absolute atomic E-state index is 10.9. The number of ketones is 1. The topological polar surface area (TPSA) is 34.1 Å². The Kier molecular flexibility index (Phi) is 0.718. The quantitative estimate of drug-likeness (QED) is 0.378. The lowest BCUT2D eigenvalue weighted by Gasteiger charge is -1.95. The molecule has 2 rings (SSSR count). The van der Waals surface area contributed by atoms with Gasteiger partial charge in [-0.25, -0.2) is 0 Å². The van der Waals surface area contributed by atoms with Gasteiger partial charge in [0, 0.05) is 6.42 Å². The van der Waals surface area contributed by atoms with Crippen molar-refractivity contribution in [1.82, 2.24) is 0 Å². The van der Waals surface area contributed by atoms with Crippen LogP contribution in [0.15, 0.2) is 0 Å². The van der Waals surface area contributed by atoms with E-state index in [9.17, 15) is 9.59 Å². The van der Waals surface area contributed by atoms with Crippen molar-refractivity contribution in [2.24, 2.45) is 11.3 Å². The SMILES string of the molecule is O=C[C@]12C[C@H]1CCC2=O. The Morgan fingerprint density at radius 2 is 2.44 bits per heavy atom. The molecule has 0 heterocycles. The smallest absolute Gasteiger partial charge is 0.146 e. The summed E-state index contributed by atoms with van der Waals surface area (Å²) in [4.78, 5) is 21.3. The highest BCUT2D eigenvalue weighted by Gasteiger charge is 2.63. The van der Waals surface area contributed by atoms with Gasteiger partial charge in [-0.15, -0.1) is 0 Å². The highest BCUT2D eigenvalue weighted by molar-refractivity contribution is 6.03. The molecule has 0 aromatic carbocycles. The van der Waals surface area contributed by atoms with E-state index in [4.69, 9.17) is 0 Å². The molecule has 2 aliphatic rings. The van der Waals surface area contributed by atoms with Gasteiger partial charge in [-0.1, -0.05) is 0 Å². The first-order chi connectivity index (χ1) is 4.29. The van der Waals surface area contributed by atoms with Crippen molar-refractivity contribution in [3.63, 3.8) is 0 Å². The Morgan fingerprint density at radius 1 is 1.67 bits per heavy atom. The predicted octanol–water partition coefficient (Wildman–Crippen LogP) is 0.554. The number of carbonyl (C=O) groups excluding carboxylic acids is 2. The predicted molar refractivity (Wildman–Crippen MR) is 30.8 cm³/mol. The zero-order chi connectivity index (χ0) is 6.48. The van der Waals surface area contributed by atoms with Gasteiger partial charge in [-0.05, 0) is 18.8 Å². The maximum atomic E-state index is 10.9. The Balaban J connectivity index is 2.33. The lowest BCUT2D eigenvalue weighted by atomic mass is 10.1. The monoisotopic (exact) mass is 124 g/mol. The number of aldehydes is 1. The van der Waals surface area contributed by atoms with Crippen molar-refractivity contribution in [1.29, 1.82) is 0 Å². The van der Waals surface area contributed by atoms with Crippen LogP contribution in [0.1, 0.15) is 19.3 Å². The average Bonchev–Trinajstić information content (AvgIpc) is 2.52. The summed E-state index contributed by atoms with van der Waals surface area (Å²) in [5.74, 6) is 0.616. The van der Waals surface area contributed by atoms with Gasteiger partial charge in [-0.2, -0.15) is 0 Å². The minimum absolute atomic E-state index is 0.183. The number of fused-ring (bicyclic) bond motifs is 1. The second-order valence-electron chi connectivity index (χ2n) is 3.02. The van der Waals surface area contributed by atoms with E-state index in [2.05, 4.69) is 0 Å². The van der Waals surface area contributed by atoms with Crippen LogP contribution in [0.4, 0.5) is 0 Å². The van der Waals surface area contributed by atoms with E-state index in [0.29, 0.717) is 12.3 Å². The molecule has 48 valence electrons. The molecule has 2 aliphatic carbocycles. The Hall–Kier alpha value is -0.660. The molecule has 9 heavy (non-hydrogen) atoms. The van der Waals surface area contributed by atoms with Crippen LogP contribution in [-0.2, 0) is 9.59 Å². The van der Waals surface area contributed by atoms with Crippen molar-refractivity contribution in [3.8, 4) is 0 Å². The minimum Gasteiger partial charge on any atom is -0.302 e. The first-order valence-corrected chi connectivity index (χ1v) is 3.29. The second kappa shape index (κ2) is 1.25. The normalized spacial score (nSPS) is 46.7. The molecule has 2 atom stereocenters.